The average Bonchev–Trinajstić information content (AvgIpc) is 3.32. The molecule has 2 unspecified atom stereocenters. The Morgan fingerprint density at radius 1 is 1.29 bits per heavy atom. The van der Waals surface area contributed by atoms with Crippen LogP contribution in [-0.4, -0.2) is 39.2 Å². The Morgan fingerprint density at radius 3 is 2.84 bits per heavy atom. The van der Waals surface area contributed by atoms with Gasteiger partial charge in [0.25, 0.3) is 0 Å². The second kappa shape index (κ2) is 7.80. The van der Waals surface area contributed by atoms with Crippen molar-refractivity contribution in [1.29, 1.82) is 0 Å². The molecule has 2 aliphatic heterocycles. The molecule has 0 aromatic carbocycles. The second-order valence-electron chi connectivity index (χ2n) is 8.65. The number of pyridine rings is 2. The van der Waals surface area contributed by atoms with E-state index in [1.165, 1.54) is 11.8 Å². The highest BCUT2D eigenvalue weighted by molar-refractivity contribution is 8.01. The van der Waals surface area contributed by atoms with Gasteiger partial charge < -0.3 is 16.4 Å². The van der Waals surface area contributed by atoms with Crippen molar-refractivity contribution in [2.75, 3.05) is 4.90 Å². The normalized spacial score (nSPS) is 26.7. The summed E-state index contributed by atoms with van der Waals surface area (Å²) >= 11 is 1.41. The van der Waals surface area contributed by atoms with Crippen LogP contribution in [0.25, 0.3) is 0 Å². The lowest BCUT2D eigenvalue weighted by molar-refractivity contribution is -0.121. The van der Waals surface area contributed by atoms with Gasteiger partial charge in [0.05, 0.1) is 17.4 Å². The summed E-state index contributed by atoms with van der Waals surface area (Å²) in [6.07, 6.45) is 6.26. The van der Waals surface area contributed by atoms with E-state index in [-0.39, 0.29) is 29.9 Å². The smallest absolute Gasteiger partial charge is 0.327 e. The number of hydrogen-bond donors (Lipinski definition) is 3. The molecule has 4 N–H and O–H groups in total. The van der Waals surface area contributed by atoms with Crippen molar-refractivity contribution in [3.63, 3.8) is 0 Å². The number of thioether (sulfide) groups is 1. The lowest BCUT2D eigenvalue weighted by Gasteiger charge is -2.34. The van der Waals surface area contributed by atoms with Crippen LogP contribution in [0.5, 0.6) is 0 Å². The molecule has 9 heteroatoms. The number of anilines is 2. The third kappa shape index (κ3) is 3.45. The Balaban J connectivity index is 1.47. The highest BCUT2D eigenvalue weighted by atomic mass is 32.2. The molecule has 5 rings (SSSR count). The highest BCUT2D eigenvalue weighted by Gasteiger charge is 2.47. The number of aromatic nitrogens is 2. The minimum absolute atomic E-state index is 0.00805. The molecule has 1 fully saturated rings. The van der Waals surface area contributed by atoms with Crippen molar-refractivity contribution in [2.45, 2.75) is 67.4 Å². The van der Waals surface area contributed by atoms with Gasteiger partial charge in [0.1, 0.15) is 10.3 Å². The minimum atomic E-state index is -0.466. The van der Waals surface area contributed by atoms with Gasteiger partial charge in [-0.15, -0.1) is 0 Å². The Hall–Kier alpha value is -2.65. The van der Waals surface area contributed by atoms with E-state index >= 15 is 0 Å². The molecule has 0 radical (unpaired) electrons. The maximum Gasteiger partial charge on any atom is 0.327 e. The van der Waals surface area contributed by atoms with Crippen molar-refractivity contribution in [1.82, 2.24) is 20.6 Å². The SMILES string of the molecule is CC(C)c1cc(N2C(=O)NC3c4c2ccnc4SC3C(=O)N[C@@H]2CCC[C@H]2N)ccn1. The fourth-order valence-electron chi connectivity index (χ4n) is 4.61. The summed E-state index contributed by atoms with van der Waals surface area (Å²) < 4.78 is 0. The summed E-state index contributed by atoms with van der Waals surface area (Å²) in [4.78, 5) is 36.9. The quantitative estimate of drug-likeness (QED) is 0.676. The molecule has 0 saturated heterocycles. The molecule has 0 bridgehead atoms. The topological polar surface area (TPSA) is 113 Å². The third-order valence-corrected chi connectivity index (χ3v) is 7.56. The minimum Gasteiger partial charge on any atom is -0.351 e. The van der Waals surface area contributed by atoms with Crippen LogP contribution >= 0.6 is 11.8 Å². The van der Waals surface area contributed by atoms with Crippen molar-refractivity contribution in [2.24, 2.45) is 5.73 Å². The molecular weight excluding hydrogens is 412 g/mol. The largest absolute Gasteiger partial charge is 0.351 e. The molecule has 2 aromatic heterocycles. The van der Waals surface area contributed by atoms with Crippen LogP contribution in [0.3, 0.4) is 0 Å². The first-order valence-corrected chi connectivity index (χ1v) is 11.6. The average molecular weight is 439 g/mol. The Kier molecular flexibility index (Phi) is 5.10. The molecule has 8 nitrogen and oxygen atoms in total. The Labute approximate surface area is 185 Å². The van der Waals surface area contributed by atoms with Crippen LogP contribution in [0.15, 0.2) is 35.6 Å². The van der Waals surface area contributed by atoms with E-state index in [0.29, 0.717) is 0 Å². The number of carbonyl (C=O) groups is 2. The fourth-order valence-corrected chi connectivity index (χ4v) is 5.84. The molecule has 2 aromatic rings. The van der Waals surface area contributed by atoms with E-state index in [9.17, 15) is 9.59 Å². The Morgan fingerprint density at radius 2 is 2.10 bits per heavy atom. The standard InChI is InChI=1S/C22H26N6O2S/c1-11(2)15-10-12(6-8-24-15)28-16-7-9-25-21-17(16)18(27-22(28)30)19(31-21)20(29)26-14-5-3-4-13(14)23/h6-11,13-14,18-19H,3-5,23H2,1-2H3,(H,26,29)(H,27,30)/t13-,14-,18?,19?/m1/s1. The van der Waals surface area contributed by atoms with E-state index in [2.05, 4.69) is 34.4 Å². The molecule has 4 heterocycles. The van der Waals surface area contributed by atoms with Gasteiger partial charge in [-0.2, -0.15) is 0 Å². The number of nitrogens with zero attached hydrogens (tertiary/aromatic N) is 3. The first-order chi connectivity index (χ1) is 14.9. The van der Waals surface area contributed by atoms with Crippen LogP contribution in [-0.2, 0) is 4.79 Å². The van der Waals surface area contributed by atoms with Gasteiger partial charge in [-0.05, 0) is 43.4 Å². The van der Waals surface area contributed by atoms with Crippen LogP contribution in [0.1, 0.15) is 56.3 Å². The molecule has 1 aliphatic carbocycles. The second-order valence-corrected chi connectivity index (χ2v) is 9.78. The van der Waals surface area contributed by atoms with Gasteiger partial charge in [0.2, 0.25) is 5.91 Å². The van der Waals surface area contributed by atoms with E-state index < -0.39 is 11.3 Å². The number of hydrogen-bond acceptors (Lipinski definition) is 6. The maximum atomic E-state index is 13.2. The van der Waals surface area contributed by atoms with Crippen LogP contribution in [0.2, 0.25) is 0 Å². The predicted molar refractivity (Wildman–Crippen MR) is 119 cm³/mol. The monoisotopic (exact) mass is 438 g/mol. The highest BCUT2D eigenvalue weighted by Crippen LogP contribution is 2.50. The Bertz CT molecular complexity index is 1040. The van der Waals surface area contributed by atoms with Gasteiger partial charge in [-0.1, -0.05) is 25.6 Å². The van der Waals surface area contributed by atoms with Crippen LogP contribution < -0.4 is 21.3 Å². The molecule has 31 heavy (non-hydrogen) atoms. The zero-order valence-electron chi connectivity index (χ0n) is 17.5. The van der Waals surface area contributed by atoms with Crippen molar-refractivity contribution >= 4 is 35.1 Å². The van der Waals surface area contributed by atoms with Gasteiger partial charge in [0, 0.05) is 35.7 Å². The lowest BCUT2D eigenvalue weighted by Crippen LogP contribution is -2.52. The summed E-state index contributed by atoms with van der Waals surface area (Å²) in [5.41, 5.74) is 9.46. The number of carbonyl (C=O) groups excluding carboxylic acids is 2. The van der Waals surface area contributed by atoms with Crippen LogP contribution in [0.4, 0.5) is 16.2 Å². The van der Waals surface area contributed by atoms with Crippen molar-refractivity contribution in [3.8, 4) is 0 Å². The summed E-state index contributed by atoms with van der Waals surface area (Å²) in [5.74, 6) is 0.148. The summed E-state index contributed by atoms with van der Waals surface area (Å²) in [6.45, 7) is 4.14. The first kappa shape index (κ1) is 20.3. The molecule has 3 aliphatic rings. The number of urea groups is 1. The number of amides is 3. The lowest BCUT2D eigenvalue weighted by atomic mass is 9.99. The first-order valence-electron chi connectivity index (χ1n) is 10.7. The van der Waals surface area contributed by atoms with Gasteiger partial charge in [0.15, 0.2) is 0 Å². The predicted octanol–water partition coefficient (Wildman–Crippen LogP) is 2.97. The summed E-state index contributed by atoms with van der Waals surface area (Å²) in [6, 6.07) is 4.91. The zero-order valence-corrected chi connectivity index (χ0v) is 18.4. The number of nitrogens with two attached hydrogens (primary N) is 1. The van der Waals surface area contributed by atoms with Gasteiger partial charge >= 0.3 is 6.03 Å². The summed E-state index contributed by atoms with van der Waals surface area (Å²) in [5, 5.41) is 6.47. The summed E-state index contributed by atoms with van der Waals surface area (Å²) in [7, 11) is 0. The van der Waals surface area contributed by atoms with E-state index in [1.54, 1.807) is 17.3 Å². The number of rotatable bonds is 4. The van der Waals surface area contributed by atoms with E-state index in [4.69, 9.17) is 5.73 Å². The molecule has 0 spiro atoms. The zero-order chi connectivity index (χ0) is 21.7. The van der Waals surface area contributed by atoms with Crippen LogP contribution in [0, 0.1) is 0 Å². The molecular formula is C22H26N6O2S. The third-order valence-electron chi connectivity index (χ3n) is 6.28. The molecule has 1 saturated carbocycles. The van der Waals surface area contributed by atoms with Crippen molar-refractivity contribution < 1.29 is 9.59 Å². The number of nitrogens with one attached hydrogen (secondary N) is 2. The maximum absolute atomic E-state index is 13.2. The van der Waals surface area contributed by atoms with E-state index in [1.807, 2.05) is 18.2 Å². The van der Waals surface area contributed by atoms with Gasteiger partial charge in [-0.25, -0.2) is 9.78 Å². The molecule has 162 valence electrons. The molecule has 3 amide bonds. The van der Waals surface area contributed by atoms with Crippen molar-refractivity contribution in [3.05, 3.63) is 41.9 Å². The van der Waals surface area contributed by atoms with Gasteiger partial charge in [-0.3, -0.25) is 14.7 Å². The van der Waals surface area contributed by atoms with E-state index in [0.717, 1.165) is 46.9 Å². The fraction of sp³-hybridized carbons (Fsp3) is 0.455. The molecule has 4 atom stereocenters.